The number of amides is 1. The van der Waals surface area contributed by atoms with Crippen molar-refractivity contribution in [2.75, 3.05) is 12.4 Å². The number of carbonyl (C=O) groups excluding carboxylic acids is 3. The zero-order valence-electron chi connectivity index (χ0n) is 15.3. The lowest BCUT2D eigenvalue weighted by Gasteiger charge is -2.35. The fraction of sp³-hybridized carbons (Fsp3) is 0.294. The third-order valence-corrected chi connectivity index (χ3v) is 7.16. The van der Waals surface area contributed by atoms with Crippen molar-refractivity contribution in [2.24, 2.45) is 0 Å². The van der Waals surface area contributed by atoms with E-state index in [2.05, 4.69) is 10.0 Å². The summed E-state index contributed by atoms with van der Waals surface area (Å²) < 4.78 is 41.7. The van der Waals surface area contributed by atoms with Crippen LogP contribution in [0.3, 0.4) is 0 Å². The van der Waals surface area contributed by atoms with E-state index < -0.39 is 34.0 Å². The minimum absolute atomic E-state index is 0.124. The van der Waals surface area contributed by atoms with Crippen LogP contribution in [0, 0.1) is 12.7 Å². The molecular weight excluding hydrogens is 445 g/mol. The predicted molar refractivity (Wildman–Crippen MR) is 105 cm³/mol. The van der Waals surface area contributed by atoms with Crippen molar-refractivity contribution in [3.8, 4) is 0 Å². The molecule has 2 atom stereocenters. The van der Waals surface area contributed by atoms with Crippen molar-refractivity contribution in [3.05, 3.63) is 50.9 Å². The Hall–Kier alpha value is -2.14. The Morgan fingerprint density at radius 1 is 1.34 bits per heavy atom. The highest BCUT2D eigenvalue weighted by Gasteiger charge is 2.41. The lowest BCUT2D eigenvalue weighted by atomic mass is 10.1. The second-order valence-corrected chi connectivity index (χ2v) is 9.58. The molecule has 1 amide bonds. The van der Waals surface area contributed by atoms with E-state index in [0.717, 1.165) is 20.1 Å². The summed E-state index contributed by atoms with van der Waals surface area (Å²) in [4.78, 5) is 30.8. The number of aryl methyl sites for hydroxylation is 1. The largest absolute Gasteiger partial charge is 0.373 e. The van der Waals surface area contributed by atoms with Gasteiger partial charge in [-0.1, -0.05) is 11.6 Å². The summed E-state index contributed by atoms with van der Waals surface area (Å²) in [5.74, 6) is -1.10. The van der Waals surface area contributed by atoms with Crippen molar-refractivity contribution in [1.82, 2.24) is 9.03 Å². The molecular formula is C17H17ClFN3O5S2. The molecule has 156 valence electrons. The van der Waals surface area contributed by atoms with Crippen LogP contribution in [0.5, 0.6) is 0 Å². The third kappa shape index (κ3) is 5.69. The highest BCUT2D eigenvalue weighted by Crippen LogP contribution is 2.32. The Labute approximate surface area is 175 Å². The van der Waals surface area contributed by atoms with Gasteiger partial charge in [-0.2, -0.15) is 27.0 Å². The predicted octanol–water partition coefficient (Wildman–Crippen LogP) is 2.48. The molecule has 2 heterocycles. The number of hydrogen-bond donors (Lipinski definition) is 2. The molecule has 0 saturated carbocycles. The molecule has 0 aliphatic carbocycles. The Bertz CT molecular complexity index is 1040. The molecule has 1 aromatic carbocycles. The van der Waals surface area contributed by atoms with Crippen molar-refractivity contribution in [1.29, 1.82) is 0 Å². The highest BCUT2D eigenvalue weighted by atomic mass is 35.5. The first-order chi connectivity index (χ1) is 13.6. The Kier molecular flexibility index (Phi) is 7.64. The van der Waals surface area contributed by atoms with E-state index in [0.29, 0.717) is 5.69 Å². The molecule has 0 radical (unpaired) electrons. The van der Waals surface area contributed by atoms with Crippen LogP contribution in [-0.2, 0) is 24.6 Å². The molecule has 0 spiro atoms. The molecule has 2 unspecified atom stereocenters. The van der Waals surface area contributed by atoms with E-state index in [1.165, 1.54) is 30.5 Å². The highest BCUT2D eigenvalue weighted by molar-refractivity contribution is 7.87. The lowest BCUT2D eigenvalue weighted by Crippen LogP contribution is -2.55. The summed E-state index contributed by atoms with van der Waals surface area (Å²) in [6, 6.07) is 6.16. The van der Waals surface area contributed by atoms with Crippen LogP contribution >= 0.6 is 22.9 Å². The normalized spacial score (nSPS) is 20.8. The van der Waals surface area contributed by atoms with Gasteiger partial charge in [-0.15, -0.1) is 11.3 Å². The molecule has 29 heavy (non-hydrogen) atoms. The monoisotopic (exact) mass is 461 g/mol. The number of thiophene rings is 1. The molecule has 1 saturated heterocycles. The molecule has 1 fully saturated rings. The second kappa shape index (κ2) is 9.57. The molecule has 2 N–H and O–H groups in total. The van der Waals surface area contributed by atoms with Crippen LogP contribution in [0.2, 0.25) is 5.02 Å². The average Bonchev–Trinajstić information content (AvgIpc) is 3.07. The van der Waals surface area contributed by atoms with E-state index in [1.807, 2.05) is 19.1 Å². The molecule has 2 aromatic rings. The standard InChI is InChI=1S/C16H17ClFN3O3S2.CO2/c1-9-3-6-15(25-9)13-8-14(21(2)26(23,24)20-13)16(22)19-10-4-5-12(18)11(17)7-10;2-1-3/h3-7,13-14,20H,8H2,1-2H3,(H,19,22);. The molecule has 3 rings (SSSR count). The quantitative estimate of drug-likeness (QED) is 0.729. The van der Waals surface area contributed by atoms with Gasteiger partial charge >= 0.3 is 6.15 Å². The Balaban J connectivity index is 0.000000941. The summed E-state index contributed by atoms with van der Waals surface area (Å²) in [7, 11) is -2.46. The number of nitrogens with one attached hydrogen (secondary N) is 2. The number of benzene rings is 1. The van der Waals surface area contributed by atoms with Gasteiger partial charge in [-0.3, -0.25) is 4.79 Å². The van der Waals surface area contributed by atoms with Gasteiger partial charge in [0.1, 0.15) is 11.9 Å². The maximum absolute atomic E-state index is 13.3. The zero-order chi connectivity index (χ0) is 21.8. The molecule has 12 heteroatoms. The number of nitrogens with zero attached hydrogens (tertiary/aromatic N) is 1. The number of hydrogen-bond acceptors (Lipinski definition) is 6. The van der Waals surface area contributed by atoms with Crippen LogP contribution in [0.4, 0.5) is 10.1 Å². The van der Waals surface area contributed by atoms with E-state index in [1.54, 1.807) is 0 Å². The average molecular weight is 462 g/mol. The summed E-state index contributed by atoms with van der Waals surface area (Å²) in [6.45, 7) is 1.93. The number of anilines is 1. The number of halogens is 2. The van der Waals surface area contributed by atoms with Gasteiger partial charge in [-0.05, 0) is 43.7 Å². The maximum Gasteiger partial charge on any atom is 0.373 e. The minimum Gasteiger partial charge on any atom is -0.325 e. The fourth-order valence-corrected chi connectivity index (χ4v) is 5.20. The van der Waals surface area contributed by atoms with E-state index >= 15 is 0 Å². The summed E-state index contributed by atoms with van der Waals surface area (Å²) in [6.07, 6.45) is 0.524. The molecule has 0 bridgehead atoms. The van der Waals surface area contributed by atoms with Crippen LogP contribution in [0.25, 0.3) is 0 Å². The molecule has 1 aromatic heterocycles. The van der Waals surface area contributed by atoms with Gasteiger partial charge in [0.2, 0.25) is 5.91 Å². The lowest BCUT2D eigenvalue weighted by molar-refractivity contribution is -0.191. The topological polar surface area (TPSA) is 113 Å². The van der Waals surface area contributed by atoms with Gasteiger partial charge in [0.25, 0.3) is 10.2 Å². The van der Waals surface area contributed by atoms with Crippen molar-refractivity contribution in [2.45, 2.75) is 25.4 Å². The van der Waals surface area contributed by atoms with Gasteiger partial charge in [-0.25, -0.2) is 4.39 Å². The fourth-order valence-electron chi connectivity index (χ4n) is 2.74. The van der Waals surface area contributed by atoms with Crippen LogP contribution in [-0.4, -0.2) is 37.9 Å². The molecule has 8 nitrogen and oxygen atoms in total. The van der Waals surface area contributed by atoms with E-state index in [-0.39, 0.29) is 17.6 Å². The first kappa shape index (κ1) is 23.1. The minimum atomic E-state index is -3.81. The molecule has 1 aliphatic heterocycles. The van der Waals surface area contributed by atoms with Crippen LogP contribution < -0.4 is 10.0 Å². The van der Waals surface area contributed by atoms with Gasteiger partial charge < -0.3 is 5.32 Å². The second-order valence-electron chi connectivity index (χ2n) is 6.09. The maximum atomic E-state index is 13.3. The summed E-state index contributed by atoms with van der Waals surface area (Å²) in [5, 5.41) is 2.48. The van der Waals surface area contributed by atoms with Gasteiger partial charge in [0, 0.05) is 22.5 Å². The van der Waals surface area contributed by atoms with Crippen LogP contribution in [0.1, 0.15) is 22.2 Å². The zero-order valence-corrected chi connectivity index (χ0v) is 17.7. The molecule has 1 aliphatic rings. The van der Waals surface area contributed by atoms with Crippen molar-refractivity contribution < 1.29 is 27.2 Å². The first-order valence-electron chi connectivity index (χ1n) is 8.16. The SMILES string of the molecule is Cc1ccc(C2CC(C(=O)Nc3ccc(F)c(Cl)c3)N(C)S(=O)(=O)N2)s1.O=C=O. The Morgan fingerprint density at radius 2 is 2.00 bits per heavy atom. The first-order valence-corrected chi connectivity index (χ1v) is 10.8. The summed E-state index contributed by atoms with van der Waals surface area (Å²) in [5.41, 5.74) is 0.300. The van der Waals surface area contributed by atoms with Crippen LogP contribution in [0.15, 0.2) is 30.3 Å². The van der Waals surface area contributed by atoms with E-state index in [9.17, 15) is 17.6 Å². The van der Waals surface area contributed by atoms with Gasteiger partial charge in [0.05, 0.1) is 11.1 Å². The van der Waals surface area contributed by atoms with Gasteiger partial charge in [0.15, 0.2) is 0 Å². The van der Waals surface area contributed by atoms with Crippen molar-refractivity contribution in [3.63, 3.8) is 0 Å². The Morgan fingerprint density at radius 3 is 2.55 bits per heavy atom. The summed E-state index contributed by atoms with van der Waals surface area (Å²) >= 11 is 7.20. The number of likely N-dealkylation sites (N-methyl/N-ethyl adjacent to an activating group) is 1. The van der Waals surface area contributed by atoms with Crippen molar-refractivity contribution >= 4 is 50.9 Å². The number of carbonyl (C=O) groups is 1. The third-order valence-electron chi connectivity index (χ3n) is 4.16. The van der Waals surface area contributed by atoms with E-state index in [4.69, 9.17) is 21.2 Å². The smallest absolute Gasteiger partial charge is 0.325 e. The number of rotatable bonds is 3.